The number of nitrogens with one attached hydrogen (secondary N) is 1. The number of thioether (sulfide) groups is 1. The first-order chi connectivity index (χ1) is 8.99. The molecular formula is C15H24BrNOS. The average Bonchev–Trinajstić information content (AvgIpc) is 2.39. The Balaban J connectivity index is 2.52. The van der Waals surface area contributed by atoms with Gasteiger partial charge in [0.25, 0.3) is 0 Å². The van der Waals surface area contributed by atoms with Crippen LogP contribution in [0.1, 0.15) is 33.6 Å². The Bertz CT molecular complexity index is 371. The third-order valence-corrected chi connectivity index (χ3v) is 4.68. The molecule has 19 heavy (non-hydrogen) atoms. The Labute approximate surface area is 129 Å². The molecule has 2 atom stereocenters. The number of hydrogen-bond acceptors (Lipinski definition) is 3. The fourth-order valence-corrected chi connectivity index (χ4v) is 3.51. The molecule has 0 fully saturated rings. The molecule has 1 aromatic carbocycles. The highest BCUT2D eigenvalue weighted by molar-refractivity contribution is 9.10. The van der Waals surface area contributed by atoms with E-state index in [1.165, 1.54) is 4.90 Å². The summed E-state index contributed by atoms with van der Waals surface area (Å²) in [6.45, 7) is 7.59. The fraction of sp³-hybridized carbons (Fsp3) is 0.600. The summed E-state index contributed by atoms with van der Waals surface area (Å²) >= 11 is 5.30. The summed E-state index contributed by atoms with van der Waals surface area (Å²) in [7, 11) is 0. The average molecular weight is 346 g/mol. The zero-order chi connectivity index (χ0) is 14.3. The minimum absolute atomic E-state index is 0.179. The monoisotopic (exact) mass is 345 g/mol. The van der Waals surface area contributed by atoms with Gasteiger partial charge in [0.05, 0.1) is 6.61 Å². The molecule has 2 N–H and O–H groups in total. The van der Waals surface area contributed by atoms with Crippen LogP contribution < -0.4 is 5.32 Å². The predicted octanol–water partition coefficient (Wildman–Crippen LogP) is 4.07. The topological polar surface area (TPSA) is 32.3 Å². The minimum atomic E-state index is -0.183. The second kappa shape index (κ2) is 8.30. The molecular weight excluding hydrogens is 322 g/mol. The van der Waals surface area contributed by atoms with Crippen molar-refractivity contribution < 1.29 is 5.11 Å². The maximum Gasteiger partial charge on any atom is 0.0611 e. The van der Waals surface area contributed by atoms with E-state index in [4.69, 9.17) is 0 Å². The van der Waals surface area contributed by atoms with Crippen molar-refractivity contribution in [1.29, 1.82) is 0 Å². The summed E-state index contributed by atoms with van der Waals surface area (Å²) in [6, 6.07) is 8.38. The lowest BCUT2D eigenvalue weighted by Crippen LogP contribution is -2.47. The fourth-order valence-electron chi connectivity index (χ4n) is 2.04. The van der Waals surface area contributed by atoms with E-state index in [1.54, 1.807) is 0 Å². The van der Waals surface area contributed by atoms with E-state index >= 15 is 0 Å². The molecule has 0 aliphatic rings. The van der Waals surface area contributed by atoms with Crippen LogP contribution in [0.5, 0.6) is 0 Å². The molecule has 0 heterocycles. The van der Waals surface area contributed by atoms with Gasteiger partial charge in [0, 0.05) is 20.2 Å². The standard InChI is InChI=1S/C15H24BrNOS/c1-4-9-17-15(3,11-18)10-12(2)19-14-7-5-13(16)6-8-14/h5-8,12,17-18H,4,9-11H2,1-3H3. The molecule has 2 nitrogen and oxygen atoms in total. The van der Waals surface area contributed by atoms with E-state index < -0.39 is 0 Å². The first-order valence-corrected chi connectivity index (χ1v) is 8.44. The van der Waals surface area contributed by atoms with Crippen molar-refractivity contribution in [3.05, 3.63) is 28.7 Å². The Morgan fingerprint density at radius 1 is 1.37 bits per heavy atom. The summed E-state index contributed by atoms with van der Waals surface area (Å²) in [5.74, 6) is 0. The summed E-state index contributed by atoms with van der Waals surface area (Å²) in [4.78, 5) is 1.27. The lowest BCUT2D eigenvalue weighted by molar-refractivity contribution is 0.166. The number of hydrogen-bond donors (Lipinski definition) is 2. The third-order valence-electron chi connectivity index (χ3n) is 3.04. The van der Waals surface area contributed by atoms with Crippen molar-refractivity contribution in [1.82, 2.24) is 5.32 Å². The Kier molecular flexibility index (Phi) is 7.44. The molecule has 0 radical (unpaired) electrons. The molecule has 0 saturated heterocycles. The molecule has 2 unspecified atom stereocenters. The van der Waals surface area contributed by atoms with Gasteiger partial charge < -0.3 is 10.4 Å². The molecule has 1 rings (SSSR count). The maximum absolute atomic E-state index is 9.59. The summed E-state index contributed by atoms with van der Waals surface area (Å²) in [5, 5.41) is 13.5. The normalized spacial score (nSPS) is 16.1. The zero-order valence-electron chi connectivity index (χ0n) is 11.9. The number of aliphatic hydroxyl groups excluding tert-OH is 1. The summed E-state index contributed by atoms with van der Waals surface area (Å²) in [5.41, 5.74) is -0.183. The number of rotatable bonds is 8. The molecule has 1 aromatic rings. The van der Waals surface area contributed by atoms with E-state index in [0.29, 0.717) is 5.25 Å². The second-order valence-electron chi connectivity index (χ2n) is 5.23. The molecule has 0 aliphatic heterocycles. The van der Waals surface area contributed by atoms with Gasteiger partial charge in [0.2, 0.25) is 0 Å². The zero-order valence-corrected chi connectivity index (χ0v) is 14.4. The van der Waals surface area contributed by atoms with Crippen LogP contribution in [0, 0.1) is 0 Å². The van der Waals surface area contributed by atoms with Gasteiger partial charge >= 0.3 is 0 Å². The van der Waals surface area contributed by atoms with Gasteiger partial charge in [-0.1, -0.05) is 29.8 Å². The summed E-state index contributed by atoms with van der Waals surface area (Å²) < 4.78 is 1.11. The highest BCUT2D eigenvalue weighted by atomic mass is 79.9. The second-order valence-corrected chi connectivity index (χ2v) is 7.66. The van der Waals surface area contributed by atoms with Gasteiger partial charge in [-0.15, -0.1) is 11.8 Å². The number of aliphatic hydroxyl groups is 1. The van der Waals surface area contributed by atoms with Crippen LogP contribution in [0.2, 0.25) is 0 Å². The first-order valence-electron chi connectivity index (χ1n) is 6.77. The van der Waals surface area contributed by atoms with E-state index in [2.05, 4.69) is 66.3 Å². The summed E-state index contributed by atoms with van der Waals surface area (Å²) in [6.07, 6.45) is 2.04. The Morgan fingerprint density at radius 3 is 2.53 bits per heavy atom. The van der Waals surface area contributed by atoms with Crippen LogP contribution in [0.3, 0.4) is 0 Å². The maximum atomic E-state index is 9.59. The molecule has 0 saturated carbocycles. The Hall–Kier alpha value is -0.0300. The van der Waals surface area contributed by atoms with Crippen molar-refractivity contribution in [3.8, 4) is 0 Å². The Morgan fingerprint density at radius 2 is 2.00 bits per heavy atom. The predicted molar refractivity (Wildman–Crippen MR) is 87.9 cm³/mol. The molecule has 0 bridgehead atoms. The van der Waals surface area contributed by atoms with Crippen LogP contribution in [0.4, 0.5) is 0 Å². The van der Waals surface area contributed by atoms with E-state index in [9.17, 15) is 5.11 Å². The van der Waals surface area contributed by atoms with Gasteiger partial charge in [-0.2, -0.15) is 0 Å². The van der Waals surface area contributed by atoms with E-state index in [0.717, 1.165) is 23.9 Å². The van der Waals surface area contributed by atoms with E-state index in [-0.39, 0.29) is 12.1 Å². The lowest BCUT2D eigenvalue weighted by atomic mass is 9.97. The van der Waals surface area contributed by atoms with Crippen molar-refractivity contribution in [2.45, 2.75) is 49.3 Å². The van der Waals surface area contributed by atoms with Crippen LogP contribution in [0.25, 0.3) is 0 Å². The first kappa shape index (κ1) is 17.0. The molecule has 0 spiro atoms. The van der Waals surface area contributed by atoms with Crippen LogP contribution in [-0.4, -0.2) is 29.0 Å². The molecule has 108 valence electrons. The van der Waals surface area contributed by atoms with Crippen LogP contribution >= 0.6 is 27.7 Å². The van der Waals surface area contributed by atoms with Gasteiger partial charge in [0.1, 0.15) is 0 Å². The van der Waals surface area contributed by atoms with Gasteiger partial charge in [-0.05, 0) is 50.6 Å². The minimum Gasteiger partial charge on any atom is -0.394 e. The van der Waals surface area contributed by atoms with E-state index in [1.807, 2.05) is 11.8 Å². The molecule has 0 aromatic heterocycles. The quantitative estimate of drug-likeness (QED) is 0.696. The molecule has 4 heteroatoms. The largest absolute Gasteiger partial charge is 0.394 e. The highest BCUT2D eigenvalue weighted by Crippen LogP contribution is 2.29. The SMILES string of the molecule is CCCNC(C)(CO)CC(C)Sc1ccc(Br)cc1. The van der Waals surface area contributed by atoms with Crippen molar-refractivity contribution >= 4 is 27.7 Å². The van der Waals surface area contributed by atoms with Crippen LogP contribution in [-0.2, 0) is 0 Å². The van der Waals surface area contributed by atoms with Gasteiger partial charge in [-0.3, -0.25) is 0 Å². The number of halogens is 1. The van der Waals surface area contributed by atoms with Gasteiger partial charge in [0.15, 0.2) is 0 Å². The number of benzene rings is 1. The van der Waals surface area contributed by atoms with Crippen LogP contribution in [0.15, 0.2) is 33.6 Å². The van der Waals surface area contributed by atoms with Crippen molar-refractivity contribution in [2.75, 3.05) is 13.2 Å². The smallest absolute Gasteiger partial charge is 0.0611 e. The molecule has 0 amide bonds. The van der Waals surface area contributed by atoms with Gasteiger partial charge in [-0.25, -0.2) is 0 Å². The van der Waals surface area contributed by atoms with Crippen molar-refractivity contribution in [3.63, 3.8) is 0 Å². The molecule has 0 aliphatic carbocycles. The highest BCUT2D eigenvalue weighted by Gasteiger charge is 2.25. The lowest BCUT2D eigenvalue weighted by Gasteiger charge is -2.31. The third kappa shape index (κ3) is 6.30. The van der Waals surface area contributed by atoms with Crippen molar-refractivity contribution in [2.24, 2.45) is 0 Å².